The molecule has 1 heterocycles. The van der Waals surface area contributed by atoms with E-state index in [-0.39, 0.29) is 0 Å². The second-order valence-corrected chi connectivity index (χ2v) is 5.54. The first kappa shape index (κ1) is 14.0. The van der Waals surface area contributed by atoms with Crippen molar-refractivity contribution in [3.05, 3.63) is 47.8 Å². The zero-order chi connectivity index (χ0) is 14.7. The average Bonchev–Trinajstić information content (AvgIpc) is 2.96. The summed E-state index contributed by atoms with van der Waals surface area (Å²) >= 11 is 0. The zero-order valence-electron chi connectivity index (χ0n) is 11.9. The summed E-state index contributed by atoms with van der Waals surface area (Å²) in [6.07, 6.45) is 9.85. The van der Waals surface area contributed by atoms with Crippen LogP contribution < -0.4 is 5.32 Å². The van der Waals surface area contributed by atoms with Crippen molar-refractivity contribution in [1.82, 2.24) is 9.55 Å². The maximum absolute atomic E-state index is 13.6. The number of rotatable bonds is 4. The van der Waals surface area contributed by atoms with Gasteiger partial charge in [0.2, 0.25) is 5.95 Å². The van der Waals surface area contributed by atoms with Crippen LogP contribution in [0.15, 0.2) is 30.6 Å². The van der Waals surface area contributed by atoms with E-state index in [1.165, 1.54) is 31.4 Å². The van der Waals surface area contributed by atoms with Gasteiger partial charge in [0.15, 0.2) is 0 Å². The number of nitrogens with zero attached hydrogens (tertiary/aromatic N) is 2. The first-order valence-electron chi connectivity index (χ1n) is 7.44. The molecule has 0 atom stereocenters. The third kappa shape index (κ3) is 3.23. The maximum Gasteiger partial charge on any atom is 0.203 e. The molecule has 0 saturated heterocycles. The predicted octanol–water partition coefficient (Wildman–Crippen LogP) is 4.28. The van der Waals surface area contributed by atoms with E-state index in [4.69, 9.17) is 0 Å². The Hall–Kier alpha value is -1.91. The number of hydrogen-bond acceptors (Lipinski definition) is 2. The Balaban J connectivity index is 1.69. The Kier molecular flexibility index (Phi) is 4.18. The van der Waals surface area contributed by atoms with E-state index >= 15 is 0 Å². The highest BCUT2D eigenvalue weighted by atomic mass is 19.1. The van der Waals surface area contributed by atoms with Gasteiger partial charge < -0.3 is 9.88 Å². The standard InChI is InChI=1S/C16H19F2N3/c17-13-7-6-12(15(18)10-13)11-20-16-19-8-9-21(16)14-4-2-1-3-5-14/h6-10,14H,1-5,11H2,(H,19,20). The van der Waals surface area contributed by atoms with Gasteiger partial charge in [-0.2, -0.15) is 0 Å². The van der Waals surface area contributed by atoms with Gasteiger partial charge in [-0.3, -0.25) is 0 Å². The Bertz CT molecular complexity index is 603. The van der Waals surface area contributed by atoms with Gasteiger partial charge in [0, 0.05) is 36.6 Å². The molecule has 3 rings (SSSR count). The molecule has 0 radical (unpaired) electrons. The molecule has 0 amide bonds. The van der Waals surface area contributed by atoms with E-state index in [1.54, 1.807) is 6.20 Å². The van der Waals surface area contributed by atoms with Crippen LogP contribution in [0.25, 0.3) is 0 Å². The quantitative estimate of drug-likeness (QED) is 0.911. The lowest BCUT2D eigenvalue weighted by atomic mass is 9.95. The van der Waals surface area contributed by atoms with Gasteiger partial charge in [0.05, 0.1) is 0 Å². The van der Waals surface area contributed by atoms with Crippen molar-refractivity contribution < 1.29 is 8.78 Å². The molecule has 0 aliphatic heterocycles. The van der Waals surface area contributed by atoms with Crippen molar-refractivity contribution in [3.63, 3.8) is 0 Å². The topological polar surface area (TPSA) is 29.9 Å². The highest BCUT2D eigenvalue weighted by Gasteiger charge is 2.17. The lowest BCUT2D eigenvalue weighted by Gasteiger charge is -2.24. The Labute approximate surface area is 123 Å². The molecule has 0 bridgehead atoms. The summed E-state index contributed by atoms with van der Waals surface area (Å²) in [6, 6.07) is 4.12. The number of halogens is 2. The number of hydrogen-bond donors (Lipinski definition) is 1. The summed E-state index contributed by atoms with van der Waals surface area (Å²) in [5.74, 6) is -0.330. The minimum absolute atomic E-state index is 0.301. The molecule has 1 N–H and O–H groups in total. The molecule has 0 unspecified atom stereocenters. The van der Waals surface area contributed by atoms with E-state index in [0.29, 0.717) is 18.2 Å². The second kappa shape index (κ2) is 6.24. The lowest BCUT2D eigenvalue weighted by Crippen LogP contribution is -2.15. The van der Waals surface area contributed by atoms with Crippen molar-refractivity contribution >= 4 is 5.95 Å². The predicted molar refractivity (Wildman–Crippen MR) is 78.0 cm³/mol. The van der Waals surface area contributed by atoms with Crippen LogP contribution in [-0.2, 0) is 6.54 Å². The third-order valence-electron chi connectivity index (χ3n) is 4.09. The highest BCUT2D eigenvalue weighted by molar-refractivity contribution is 5.30. The number of benzene rings is 1. The van der Waals surface area contributed by atoms with Gasteiger partial charge in [-0.15, -0.1) is 0 Å². The van der Waals surface area contributed by atoms with E-state index in [2.05, 4.69) is 14.9 Å². The molecule has 1 aliphatic rings. The highest BCUT2D eigenvalue weighted by Crippen LogP contribution is 2.30. The summed E-state index contributed by atoms with van der Waals surface area (Å²) < 4.78 is 28.7. The monoisotopic (exact) mass is 291 g/mol. The van der Waals surface area contributed by atoms with Gasteiger partial charge >= 0.3 is 0 Å². The summed E-state index contributed by atoms with van der Waals surface area (Å²) in [4.78, 5) is 4.31. The fourth-order valence-corrected chi connectivity index (χ4v) is 2.94. The normalized spacial score (nSPS) is 16.1. The van der Waals surface area contributed by atoms with E-state index in [0.717, 1.165) is 24.9 Å². The molecule has 3 nitrogen and oxygen atoms in total. The molecule has 21 heavy (non-hydrogen) atoms. The summed E-state index contributed by atoms with van der Waals surface area (Å²) in [5.41, 5.74) is 0.439. The minimum atomic E-state index is -0.556. The van der Waals surface area contributed by atoms with Crippen LogP contribution in [-0.4, -0.2) is 9.55 Å². The average molecular weight is 291 g/mol. The maximum atomic E-state index is 13.6. The van der Waals surface area contributed by atoms with Crippen LogP contribution >= 0.6 is 0 Å². The Morgan fingerprint density at radius 2 is 2.00 bits per heavy atom. The van der Waals surface area contributed by atoms with Gasteiger partial charge in [-0.05, 0) is 18.9 Å². The molecule has 1 aliphatic carbocycles. The zero-order valence-corrected chi connectivity index (χ0v) is 11.9. The fourth-order valence-electron chi connectivity index (χ4n) is 2.94. The molecule has 1 aromatic carbocycles. The first-order chi connectivity index (χ1) is 10.2. The van der Waals surface area contributed by atoms with Crippen LogP contribution in [0.2, 0.25) is 0 Å². The molecule has 2 aromatic rings. The van der Waals surface area contributed by atoms with E-state index in [9.17, 15) is 8.78 Å². The van der Waals surface area contributed by atoms with Gasteiger partial charge in [-0.1, -0.05) is 25.3 Å². The molecule has 5 heteroatoms. The van der Waals surface area contributed by atoms with Gasteiger partial charge in [0.1, 0.15) is 11.6 Å². The summed E-state index contributed by atoms with van der Waals surface area (Å²) in [5, 5.41) is 3.16. The molecular weight excluding hydrogens is 272 g/mol. The third-order valence-corrected chi connectivity index (χ3v) is 4.09. The number of anilines is 1. The molecular formula is C16H19F2N3. The minimum Gasteiger partial charge on any atom is -0.351 e. The SMILES string of the molecule is Fc1ccc(CNc2nccn2C2CCCCC2)c(F)c1. The molecule has 1 saturated carbocycles. The van der Waals surface area contributed by atoms with Gasteiger partial charge in [-0.25, -0.2) is 13.8 Å². The largest absolute Gasteiger partial charge is 0.351 e. The van der Waals surface area contributed by atoms with Gasteiger partial charge in [0.25, 0.3) is 0 Å². The van der Waals surface area contributed by atoms with Crippen LogP contribution in [0.4, 0.5) is 14.7 Å². The fraction of sp³-hybridized carbons (Fsp3) is 0.438. The molecule has 1 aromatic heterocycles. The van der Waals surface area contributed by atoms with E-state index < -0.39 is 11.6 Å². The van der Waals surface area contributed by atoms with Crippen molar-refractivity contribution in [2.75, 3.05) is 5.32 Å². The number of nitrogens with one attached hydrogen (secondary N) is 1. The lowest BCUT2D eigenvalue weighted by molar-refractivity contribution is 0.356. The van der Waals surface area contributed by atoms with Crippen LogP contribution in [0.3, 0.4) is 0 Å². The van der Waals surface area contributed by atoms with Crippen molar-refractivity contribution in [2.24, 2.45) is 0 Å². The summed E-state index contributed by atoms with van der Waals surface area (Å²) in [7, 11) is 0. The molecule has 0 spiro atoms. The van der Waals surface area contributed by atoms with Crippen molar-refractivity contribution in [3.8, 4) is 0 Å². The summed E-state index contributed by atoms with van der Waals surface area (Å²) in [6.45, 7) is 0.301. The second-order valence-electron chi connectivity index (χ2n) is 5.54. The van der Waals surface area contributed by atoms with Crippen LogP contribution in [0.1, 0.15) is 43.7 Å². The van der Waals surface area contributed by atoms with Crippen molar-refractivity contribution in [2.45, 2.75) is 44.7 Å². The Morgan fingerprint density at radius 3 is 2.76 bits per heavy atom. The number of aromatic nitrogens is 2. The van der Waals surface area contributed by atoms with E-state index in [1.807, 2.05) is 6.20 Å². The molecule has 1 fully saturated rings. The Morgan fingerprint density at radius 1 is 1.19 bits per heavy atom. The first-order valence-corrected chi connectivity index (χ1v) is 7.44. The molecule has 112 valence electrons. The smallest absolute Gasteiger partial charge is 0.203 e. The number of imidazole rings is 1. The van der Waals surface area contributed by atoms with Crippen LogP contribution in [0.5, 0.6) is 0 Å². The van der Waals surface area contributed by atoms with Crippen molar-refractivity contribution in [1.29, 1.82) is 0 Å². The van der Waals surface area contributed by atoms with Crippen LogP contribution in [0, 0.1) is 11.6 Å².